The summed E-state index contributed by atoms with van der Waals surface area (Å²) in [7, 11) is 0. The summed E-state index contributed by atoms with van der Waals surface area (Å²) in [5.74, 6) is 1.43. The summed E-state index contributed by atoms with van der Waals surface area (Å²) >= 11 is 0. The van der Waals surface area contributed by atoms with Gasteiger partial charge in [0.25, 0.3) is 0 Å². The molecule has 0 radical (unpaired) electrons. The lowest BCUT2D eigenvalue weighted by Gasteiger charge is -2.10. The van der Waals surface area contributed by atoms with E-state index in [-0.39, 0.29) is 0 Å². The van der Waals surface area contributed by atoms with Gasteiger partial charge in [-0.25, -0.2) is 4.98 Å². The molecular formula is C14H14N4O. The maximum absolute atomic E-state index is 5.98. The number of aromatic nitrogens is 2. The molecule has 96 valence electrons. The second-order valence-corrected chi connectivity index (χ2v) is 4.32. The van der Waals surface area contributed by atoms with Crippen LogP contribution in [0.4, 0.5) is 11.4 Å². The number of nitrogens with one attached hydrogen (secondary N) is 1. The number of pyridine rings is 1. The molecule has 19 heavy (non-hydrogen) atoms. The number of aryl methyl sites for hydroxylation is 1. The van der Waals surface area contributed by atoms with Crippen molar-refractivity contribution in [2.45, 2.75) is 13.5 Å². The number of hydrogen-bond donors (Lipinski definition) is 2. The van der Waals surface area contributed by atoms with Crippen LogP contribution in [-0.2, 0) is 6.54 Å². The second kappa shape index (κ2) is 4.61. The summed E-state index contributed by atoms with van der Waals surface area (Å²) < 4.78 is 5.43. The van der Waals surface area contributed by atoms with Crippen LogP contribution in [0.3, 0.4) is 0 Å². The zero-order valence-corrected chi connectivity index (χ0v) is 10.6. The van der Waals surface area contributed by atoms with Crippen molar-refractivity contribution < 1.29 is 4.42 Å². The molecule has 0 saturated heterocycles. The molecule has 3 rings (SSSR count). The van der Waals surface area contributed by atoms with Crippen molar-refractivity contribution in [2.24, 2.45) is 0 Å². The minimum Gasteiger partial charge on any atom is -0.444 e. The number of rotatable bonds is 3. The van der Waals surface area contributed by atoms with Gasteiger partial charge in [-0.05, 0) is 13.0 Å². The van der Waals surface area contributed by atoms with Crippen molar-refractivity contribution in [1.82, 2.24) is 9.97 Å². The lowest BCUT2D eigenvalue weighted by Crippen LogP contribution is -2.04. The van der Waals surface area contributed by atoms with Gasteiger partial charge in [-0.1, -0.05) is 18.2 Å². The Morgan fingerprint density at radius 3 is 2.84 bits per heavy atom. The number of nitrogen functional groups attached to an aromatic ring is 1. The molecule has 0 aliphatic rings. The number of hydrogen-bond acceptors (Lipinski definition) is 5. The highest BCUT2D eigenvalue weighted by Gasteiger charge is 2.07. The fraction of sp³-hybridized carbons (Fsp3) is 0.143. The Kier molecular flexibility index (Phi) is 2.79. The predicted molar refractivity (Wildman–Crippen MR) is 74.7 cm³/mol. The minimum atomic E-state index is 0.492. The molecule has 0 aliphatic carbocycles. The number of oxazole rings is 1. The highest BCUT2D eigenvalue weighted by atomic mass is 16.4. The Morgan fingerprint density at radius 2 is 2.05 bits per heavy atom. The smallest absolute Gasteiger partial charge is 0.213 e. The van der Waals surface area contributed by atoms with E-state index in [1.54, 1.807) is 12.4 Å². The first-order chi connectivity index (χ1) is 9.24. The lowest BCUT2D eigenvalue weighted by atomic mass is 10.1. The Labute approximate surface area is 110 Å². The standard InChI is InChI=1S/C14H14N4O/c1-9-6-17-13(19-9)8-18-14-10-4-2-3-5-12(10)16-7-11(14)15/h2-7H,8,15H2,1H3,(H,16,18). The van der Waals surface area contributed by atoms with Crippen LogP contribution in [0.25, 0.3) is 10.9 Å². The summed E-state index contributed by atoms with van der Waals surface area (Å²) in [6.45, 7) is 2.36. The van der Waals surface area contributed by atoms with Gasteiger partial charge in [-0.3, -0.25) is 4.98 Å². The molecule has 2 heterocycles. The van der Waals surface area contributed by atoms with E-state index in [0.717, 1.165) is 22.4 Å². The number of para-hydroxylation sites is 1. The fourth-order valence-corrected chi connectivity index (χ4v) is 2.00. The minimum absolute atomic E-state index is 0.492. The summed E-state index contributed by atoms with van der Waals surface area (Å²) in [6.07, 6.45) is 3.36. The zero-order valence-electron chi connectivity index (χ0n) is 10.6. The van der Waals surface area contributed by atoms with E-state index < -0.39 is 0 Å². The number of anilines is 2. The van der Waals surface area contributed by atoms with Crippen LogP contribution in [0.15, 0.2) is 41.1 Å². The molecule has 0 spiro atoms. The normalized spacial score (nSPS) is 10.8. The number of fused-ring (bicyclic) bond motifs is 1. The van der Waals surface area contributed by atoms with Crippen LogP contribution in [0, 0.1) is 6.92 Å². The van der Waals surface area contributed by atoms with Crippen LogP contribution in [0.1, 0.15) is 11.7 Å². The van der Waals surface area contributed by atoms with Gasteiger partial charge < -0.3 is 15.5 Å². The highest BCUT2D eigenvalue weighted by molar-refractivity contribution is 5.96. The molecule has 0 bridgehead atoms. The molecule has 0 unspecified atom stereocenters. The Hall–Kier alpha value is -2.56. The van der Waals surface area contributed by atoms with Gasteiger partial charge >= 0.3 is 0 Å². The van der Waals surface area contributed by atoms with Crippen molar-refractivity contribution in [3.63, 3.8) is 0 Å². The van der Waals surface area contributed by atoms with Crippen LogP contribution >= 0.6 is 0 Å². The largest absolute Gasteiger partial charge is 0.444 e. The van der Waals surface area contributed by atoms with E-state index in [1.165, 1.54) is 0 Å². The summed E-state index contributed by atoms with van der Waals surface area (Å²) in [4.78, 5) is 8.45. The van der Waals surface area contributed by atoms with Gasteiger partial charge in [0.2, 0.25) is 5.89 Å². The third-order valence-corrected chi connectivity index (χ3v) is 2.89. The predicted octanol–water partition coefficient (Wildman–Crippen LogP) is 2.73. The molecule has 0 amide bonds. The maximum atomic E-state index is 5.98. The van der Waals surface area contributed by atoms with Gasteiger partial charge in [-0.15, -0.1) is 0 Å². The van der Waals surface area contributed by atoms with Crippen molar-refractivity contribution >= 4 is 22.3 Å². The highest BCUT2D eigenvalue weighted by Crippen LogP contribution is 2.27. The molecule has 0 saturated carbocycles. The van der Waals surface area contributed by atoms with E-state index in [4.69, 9.17) is 10.2 Å². The zero-order chi connectivity index (χ0) is 13.2. The first kappa shape index (κ1) is 11.5. The number of nitrogens with zero attached hydrogens (tertiary/aromatic N) is 2. The number of benzene rings is 1. The Bertz CT molecular complexity index is 720. The molecule has 3 aromatic rings. The van der Waals surface area contributed by atoms with Crippen LogP contribution in [0.5, 0.6) is 0 Å². The van der Waals surface area contributed by atoms with Gasteiger partial charge in [0, 0.05) is 5.39 Å². The van der Waals surface area contributed by atoms with Crippen LogP contribution < -0.4 is 11.1 Å². The average Bonchev–Trinajstić information content (AvgIpc) is 2.83. The van der Waals surface area contributed by atoms with Crippen molar-refractivity contribution in [2.75, 3.05) is 11.1 Å². The van der Waals surface area contributed by atoms with Gasteiger partial charge in [0.1, 0.15) is 5.76 Å². The first-order valence-corrected chi connectivity index (χ1v) is 6.02. The van der Waals surface area contributed by atoms with Crippen LogP contribution in [0.2, 0.25) is 0 Å². The van der Waals surface area contributed by atoms with E-state index in [9.17, 15) is 0 Å². The third kappa shape index (κ3) is 2.22. The SMILES string of the molecule is Cc1cnc(CNc2c(N)cnc3ccccc23)o1. The molecule has 2 aromatic heterocycles. The average molecular weight is 254 g/mol. The topological polar surface area (TPSA) is 77.0 Å². The molecule has 0 aliphatic heterocycles. The molecule has 1 aromatic carbocycles. The van der Waals surface area contributed by atoms with E-state index in [0.29, 0.717) is 18.1 Å². The Morgan fingerprint density at radius 1 is 1.21 bits per heavy atom. The van der Waals surface area contributed by atoms with Gasteiger partial charge in [-0.2, -0.15) is 0 Å². The van der Waals surface area contributed by atoms with Crippen molar-refractivity contribution in [3.05, 3.63) is 48.3 Å². The number of nitrogens with two attached hydrogens (primary N) is 1. The quantitative estimate of drug-likeness (QED) is 0.751. The van der Waals surface area contributed by atoms with E-state index in [2.05, 4.69) is 15.3 Å². The van der Waals surface area contributed by atoms with Gasteiger partial charge in [0.15, 0.2) is 0 Å². The molecule has 3 N–H and O–H groups in total. The molecular weight excluding hydrogens is 240 g/mol. The molecule has 5 nitrogen and oxygen atoms in total. The van der Waals surface area contributed by atoms with Crippen LogP contribution in [-0.4, -0.2) is 9.97 Å². The molecule has 0 fully saturated rings. The van der Waals surface area contributed by atoms with Crippen molar-refractivity contribution in [3.8, 4) is 0 Å². The van der Waals surface area contributed by atoms with Crippen molar-refractivity contribution in [1.29, 1.82) is 0 Å². The summed E-state index contributed by atoms with van der Waals surface area (Å²) in [5.41, 5.74) is 8.36. The molecule has 5 heteroatoms. The maximum Gasteiger partial charge on any atom is 0.213 e. The second-order valence-electron chi connectivity index (χ2n) is 4.32. The monoisotopic (exact) mass is 254 g/mol. The van der Waals surface area contributed by atoms with E-state index in [1.807, 2.05) is 31.2 Å². The third-order valence-electron chi connectivity index (χ3n) is 2.89. The fourth-order valence-electron chi connectivity index (χ4n) is 2.00. The lowest BCUT2D eigenvalue weighted by molar-refractivity contribution is 0.479. The van der Waals surface area contributed by atoms with Gasteiger partial charge in [0.05, 0.1) is 35.8 Å². The summed E-state index contributed by atoms with van der Waals surface area (Å²) in [5, 5.41) is 4.26. The summed E-state index contributed by atoms with van der Waals surface area (Å²) in [6, 6.07) is 7.85. The Balaban J connectivity index is 1.93. The first-order valence-electron chi connectivity index (χ1n) is 6.02. The van der Waals surface area contributed by atoms with E-state index >= 15 is 0 Å². The molecule has 0 atom stereocenters.